The van der Waals surface area contributed by atoms with Gasteiger partial charge in [-0.2, -0.15) is 11.8 Å². The molecule has 0 saturated carbocycles. The van der Waals surface area contributed by atoms with E-state index in [-0.39, 0.29) is 18.7 Å². The van der Waals surface area contributed by atoms with E-state index in [0.29, 0.717) is 17.9 Å². The highest BCUT2D eigenvalue weighted by molar-refractivity contribution is 7.99. The highest BCUT2D eigenvalue weighted by atomic mass is 32.2. The normalized spacial score (nSPS) is 24.8. The number of thioether (sulfide) groups is 1. The molecular weight excluding hydrogens is 432 g/mol. The summed E-state index contributed by atoms with van der Waals surface area (Å²) in [5, 5.41) is 13.8. The summed E-state index contributed by atoms with van der Waals surface area (Å²) in [5.41, 5.74) is 0.517. The van der Waals surface area contributed by atoms with E-state index in [1.807, 2.05) is 35.2 Å². The molecule has 0 aliphatic carbocycles. The van der Waals surface area contributed by atoms with Crippen LogP contribution in [-0.2, 0) is 22.6 Å². The van der Waals surface area contributed by atoms with Crippen molar-refractivity contribution in [2.24, 2.45) is 5.41 Å². The fourth-order valence-electron chi connectivity index (χ4n) is 4.89. The molecule has 4 amide bonds. The smallest absolute Gasteiger partial charge is 0.331 e. The molecule has 0 unspecified atom stereocenters. The van der Waals surface area contributed by atoms with Crippen molar-refractivity contribution in [1.29, 1.82) is 0 Å². The Kier molecular flexibility index (Phi) is 4.89. The van der Waals surface area contributed by atoms with Crippen LogP contribution >= 0.6 is 11.8 Å². The fourth-order valence-corrected chi connectivity index (χ4v) is 6.07. The minimum atomic E-state index is -1.53. The number of imide groups is 2. The zero-order valence-corrected chi connectivity index (χ0v) is 17.8. The lowest BCUT2D eigenvalue weighted by Gasteiger charge is -2.53. The van der Waals surface area contributed by atoms with Gasteiger partial charge in [0.15, 0.2) is 5.41 Å². The quantitative estimate of drug-likeness (QED) is 0.432. The van der Waals surface area contributed by atoms with Crippen LogP contribution < -0.4 is 10.2 Å². The van der Waals surface area contributed by atoms with Crippen LogP contribution in [0, 0.1) is 15.5 Å². The number of non-ortho nitro benzene ring substituents is 1. The van der Waals surface area contributed by atoms with Gasteiger partial charge in [-0.1, -0.05) is 30.3 Å². The molecule has 2 aromatic rings. The van der Waals surface area contributed by atoms with Crippen molar-refractivity contribution in [3.63, 3.8) is 0 Å². The Labute approximate surface area is 187 Å². The predicted octanol–water partition coefficient (Wildman–Crippen LogP) is 2.34. The standard InChI is InChI=1S/C22H20N4O5S/c27-19-22(20(28)25(21(29)23-19)12-14-4-2-1-3-5-14)11-15-10-16(26(30)31)6-7-17(15)24-8-9-32-13-18(22)24/h1-7,10,18H,8-9,11-13H2,(H,23,27,29)/t18-,22+/m0/s1. The molecule has 2 saturated heterocycles. The molecule has 0 bridgehead atoms. The van der Waals surface area contributed by atoms with Crippen LogP contribution in [0.2, 0.25) is 0 Å². The second-order valence-electron chi connectivity index (χ2n) is 8.14. The number of benzene rings is 2. The van der Waals surface area contributed by atoms with Gasteiger partial charge in [0.1, 0.15) is 0 Å². The molecule has 3 aliphatic rings. The largest absolute Gasteiger partial charge is 0.365 e. The molecule has 2 aromatic carbocycles. The lowest BCUT2D eigenvalue weighted by Crippen LogP contribution is -2.73. The van der Waals surface area contributed by atoms with Gasteiger partial charge in [0.25, 0.3) is 5.69 Å². The van der Waals surface area contributed by atoms with Crippen LogP contribution in [0.15, 0.2) is 48.5 Å². The van der Waals surface area contributed by atoms with Crippen LogP contribution in [0.25, 0.3) is 0 Å². The number of nitro groups is 1. The maximum absolute atomic E-state index is 13.9. The Morgan fingerprint density at radius 3 is 2.69 bits per heavy atom. The van der Waals surface area contributed by atoms with Gasteiger partial charge >= 0.3 is 6.03 Å². The first-order valence-electron chi connectivity index (χ1n) is 10.2. The Bertz CT molecular complexity index is 1140. The topological polar surface area (TPSA) is 113 Å². The molecule has 10 heteroatoms. The molecule has 9 nitrogen and oxygen atoms in total. The van der Waals surface area contributed by atoms with Gasteiger partial charge in [-0.25, -0.2) is 4.79 Å². The predicted molar refractivity (Wildman–Crippen MR) is 118 cm³/mol. The number of urea groups is 1. The van der Waals surface area contributed by atoms with E-state index in [4.69, 9.17) is 0 Å². The number of rotatable bonds is 3. The summed E-state index contributed by atoms with van der Waals surface area (Å²) in [6, 6.07) is 12.5. The van der Waals surface area contributed by atoms with E-state index in [9.17, 15) is 24.5 Å². The van der Waals surface area contributed by atoms with Crippen LogP contribution in [0.3, 0.4) is 0 Å². The number of carbonyl (C=O) groups excluding carboxylic acids is 3. The first-order chi connectivity index (χ1) is 15.4. The second kappa shape index (κ2) is 7.63. The van der Waals surface area contributed by atoms with Crippen molar-refractivity contribution in [1.82, 2.24) is 10.2 Å². The molecule has 0 radical (unpaired) electrons. The molecule has 164 valence electrons. The van der Waals surface area contributed by atoms with Crippen molar-refractivity contribution in [3.8, 4) is 0 Å². The highest BCUT2D eigenvalue weighted by Crippen LogP contribution is 2.47. The maximum atomic E-state index is 13.9. The van der Waals surface area contributed by atoms with Crippen molar-refractivity contribution in [3.05, 3.63) is 69.8 Å². The molecule has 5 rings (SSSR count). The zero-order chi connectivity index (χ0) is 22.5. The molecular formula is C22H20N4O5S. The summed E-state index contributed by atoms with van der Waals surface area (Å²) >= 11 is 1.66. The van der Waals surface area contributed by atoms with E-state index in [2.05, 4.69) is 5.32 Å². The van der Waals surface area contributed by atoms with E-state index in [1.165, 1.54) is 12.1 Å². The lowest BCUT2D eigenvalue weighted by molar-refractivity contribution is -0.384. The van der Waals surface area contributed by atoms with Crippen LogP contribution in [0.5, 0.6) is 0 Å². The summed E-state index contributed by atoms with van der Waals surface area (Å²) < 4.78 is 0. The summed E-state index contributed by atoms with van der Waals surface area (Å²) in [4.78, 5) is 53.8. The average Bonchev–Trinajstić information content (AvgIpc) is 2.80. The number of nitro benzene ring substituents is 1. The van der Waals surface area contributed by atoms with Gasteiger partial charge in [0.2, 0.25) is 11.8 Å². The minimum absolute atomic E-state index is 0.00891. The highest BCUT2D eigenvalue weighted by Gasteiger charge is 2.62. The number of carbonyl (C=O) groups is 3. The Hall–Kier alpha value is -3.40. The molecule has 0 aromatic heterocycles. The number of hydrogen-bond donors (Lipinski definition) is 1. The van der Waals surface area contributed by atoms with Gasteiger partial charge < -0.3 is 4.90 Å². The van der Waals surface area contributed by atoms with E-state index in [1.54, 1.807) is 17.8 Å². The number of hydrogen-bond acceptors (Lipinski definition) is 7. The molecule has 1 spiro atoms. The van der Waals surface area contributed by atoms with E-state index in [0.717, 1.165) is 21.9 Å². The van der Waals surface area contributed by atoms with Gasteiger partial charge in [-0.3, -0.25) is 29.9 Å². The third-order valence-corrected chi connectivity index (χ3v) is 7.45. The first-order valence-corrected chi connectivity index (χ1v) is 11.4. The van der Waals surface area contributed by atoms with Crippen LogP contribution in [-0.4, -0.2) is 51.8 Å². The Morgan fingerprint density at radius 1 is 1.16 bits per heavy atom. The number of fused-ring (bicyclic) bond motifs is 4. The second-order valence-corrected chi connectivity index (χ2v) is 9.29. The van der Waals surface area contributed by atoms with Gasteiger partial charge in [-0.05, 0) is 17.2 Å². The molecule has 2 atom stereocenters. The van der Waals surface area contributed by atoms with Gasteiger partial charge in [-0.15, -0.1) is 0 Å². The van der Waals surface area contributed by atoms with Crippen LogP contribution in [0.1, 0.15) is 11.1 Å². The summed E-state index contributed by atoms with van der Waals surface area (Å²) in [7, 11) is 0. The van der Waals surface area contributed by atoms with Crippen LogP contribution in [0.4, 0.5) is 16.2 Å². The SMILES string of the molecule is O=C1NC(=O)[C@]2(Cc3cc([N+](=O)[O-])ccc3N3CCSC[C@H]32)C(=O)N1Cc1ccccc1. The third-order valence-electron chi connectivity index (χ3n) is 6.43. The number of nitrogens with zero attached hydrogens (tertiary/aromatic N) is 3. The van der Waals surface area contributed by atoms with Crippen molar-refractivity contribution >= 4 is 41.0 Å². The number of anilines is 1. The first kappa shape index (κ1) is 20.5. The Morgan fingerprint density at radius 2 is 1.94 bits per heavy atom. The minimum Gasteiger partial charge on any atom is -0.365 e. The summed E-state index contributed by atoms with van der Waals surface area (Å²) in [5.74, 6) is 0.172. The third kappa shape index (κ3) is 3.05. The van der Waals surface area contributed by atoms with Gasteiger partial charge in [0, 0.05) is 42.3 Å². The van der Waals surface area contributed by atoms with Crippen molar-refractivity contribution in [2.45, 2.75) is 19.0 Å². The summed E-state index contributed by atoms with van der Waals surface area (Å²) in [6.45, 7) is 0.650. The van der Waals surface area contributed by atoms with E-state index < -0.39 is 34.2 Å². The lowest BCUT2D eigenvalue weighted by atomic mass is 9.68. The number of nitrogens with one attached hydrogen (secondary N) is 1. The fraction of sp³-hybridized carbons (Fsp3) is 0.318. The molecule has 3 heterocycles. The zero-order valence-electron chi connectivity index (χ0n) is 17.0. The maximum Gasteiger partial charge on any atom is 0.331 e. The number of barbiturate groups is 1. The average molecular weight is 452 g/mol. The monoisotopic (exact) mass is 452 g/mol. The number of amides is 4. The van der Waals surface area contributed by atoms with Crippen molar-refractivity contribution in [2.75, 3.05) is 23.0 Å². The molecule has 1 N–H and O–H groups in total. The van der Waals surface area contributed by atoms with E-state index >= 15 is 0 Å². The molecule has 32 heavy (non-hydrogen) atoms. The molecule has 2 fully saturated rings. The van der Waals surface area contributed by atoms with Crippen molar-refractivity contribution < 1.29 is 19.3 Å². The molecule has 3 aliphatic heterocycles. The van der Waals surface area contributed by atoms with Gasteiger partial charge in [0.05, 0.1) is 17.5 Å². The summed E-state index contributed by atoms with van der Waals surface area (Å²) in [6.07, 6.45) is 0.00891. The Balaban J connectivity index is 1.61.